The van der Waals surface area contributed by atoms with Crippen LogP contribution in [0.15, 0.2) is 60.6 Å². The standard InChI is InChI=1S/C26H26FN3O2/c1-17-15-29(16-28-17)24-11-3-18(14-25(24)32-2)13-20-6-9-22-10-12-23(30(22)26(20)31)19-4-7-21(27)8-5-19/h3-5,7-8,11,13-16,22-23H,6,9-10,12H2,1-2H3/t22?,23-/m1/s1. The number of rotatable bonds is 4. The molecule has 0 spiro atoms. The molecule has 1 unspecified atom stereocenters. The number of carbonyl (C=O) groups is 1. The number of hydrogen-bond acceptors (Lipinski definition) is 3. The average molecular weight is 432 g/mol. The number of benzene rings is 2. The molecule has 0 aliphatic carbocycles. The molecule has 0 saturated carbocycles. The predicted molar refractivity (Wildman–Crippen MR) is 121 cm³/mol. The van der Waals surface area contributed by atoms with Crippen molar-refractivity contribution in [3.05, 3.63) is 83.2 Å². The van der Waals surface area contributed by atoms with Gasteiger partial charge in [-0.15, -0.1) is 0 Å². The number of amides is 1. The molecule has 5 nitrogen and oxygen atoms in total. The number of ether oxygens (including phenoxy) is 1. The van der Waals surface area contributed by atoms with Gasteiger partial charge in [0.25, 0.3) is 5.91 Å². The fraction of sp³-hybridized carbons (Fsp3) is 0.308. The number of aryl methyl sites for hydroxylation is 1. The van der Waals surface area contributed by atoms with Crippen molar-refractivity contribution in [2.45, 2.75) is 44.7 Å². The molecule has 2 aliphatic rings. The first kappa shape index (κ1) is 20.5. The van der Waals surface area contributed by atoms with E-state index in [2.05, 4.69) is 4.98 Å². The van der Waals surface area contributed by atoms with Gasteiger partial charge in [0.15, 0.2) is 0 Å². The highest BCUT2D eigenvalue weighted by Crippen LogP contribution is 2.42. The minimum atomic E-state index is -0.253. The minimum Gasteiger partial charge on any atom is -0.495 e. The van der Waals surface area contributed by atoms with Crippen LogP contribution in [-0.4, -0.2) is 33.5 Å². The van der Waals surface area contributed by atoms with E-state index in [1.54, 1.807) is 25.6 Å². The van der Waals surface area contributed by atoms with Crippen molar-refractivity contribution in [3.63, 3.8) is 0 Å². The first-order chi connectivity index (χ1) is 15.5. The van der Waals surface area contributed by atoms with Crippen molar-refractivity contribution < 1.29 is 13.9 Å². The second kappa shape index (κ2) is 8.26. The van der Waals surface area contributed by atoms with Crippen LogP contribution >= 0.6 is 0 Å². The highest BCUT2D eigenvalue weighted by molar-refractivity contribution is 5.99. The number of aromatic nitrogens is 2. The molecule has 32 heavy (non-hydrogen) atoms. The van der Waals surface area contributed by atoms with Gasteiger partial charge in [0.05, 0.1) is 30.9 Å². The number of halogens is 1. The lowest BCUT2D eigenvalue weighted by Gasteiger charge is -2.35. The Morgan fingerprint density at radius 2 is 1.94 bits per heavy atom. The third kappa shape index (κ3) is 3.70. The molecule has 2 atom stereocenters. The summed E-state index contributed by atoms with van der Waals surface area (Å²) < 4.78 is 20.9. The van der Waals surface area contributed by atoms with E-state index in [1.165, 1.54) is 12.1 Å². The normalized spacial score (nSPS) is 21.8. The van der Waals surface area contributed by atoms with Gasteiger partial charge in [-0.3, -0.25) is 4.79 Å². The van der Waals surface area contributed by atoms with Crippen molar-refractivity contribution in [2.24, 2.45) is 0 Å². The van der Waals surface area contributed by atoms with E-state index in [9.17, 15) is 9.18 Å². The second-order valence-corrected chi connectivity index (χ2v) is 8.57. The predicted octanol–water partition coefficient (Wildman–Crippen LogP) is 5.24. The molecular formula is C26H26FN3O2. The van der Waals surface area contributed by atoms with Crippen LogP contribution in [0.3, 0.4) is 0 Å². The van der Waals surface area contributed by atoms with Gasteiger partial charge < -0.3 is 14.2 Å². The molecule has 2 fully saturated rings. The highest BCUT2D eigenvalue weighted by Gasteiger charge is 2.41. The number of nitrogens with zero attached hydrogens (tertiary/aromatic N) is 3. The number of fused-ring (bicyclic) bond motifs is 1. The van der Waals surface area contributed by atoms with Crippen molar-refractivity contribution >= 4 is 12.0 Å². The summed E-state index contributed by atoms with van der Waals surface area (Å²) in [7, 11) is 1.65. The van der Waals surface area contributed by atoms with Crippen LogP contribution in [-0.2, 0) is 4.79 Å². The van der Waals surface area contributed by atoms with E-state index in [0.717, 1.165) is 59.5 Å². The van der Waals surface area contributed by atoms with Crippen LogP contribution in [0.4, 0.5) is 4.39 Å². The summed E-state index contributed by atoms with van der Waals surface area (Å²) in [6.45, 7) is 1.95. The summed E-state index contributed by atoms with van der Waals surface area (Å²) in [5.41, 5.74) is 4.58. The molecule has 5 rings (SSSR count). The number of imidazole rings is 1. The molecule has 0 radical (unpaired) electrons. The van der Waals surface area contributed by atoms with Crippen LogP contribution in [0.2, 0.25) is 0 Å². The zero-order valence-corrected chi connectivity index (χ0v) is 18.3. The molecule has 2 saturated heterocycles. The van der Waals surface area contributed by atoms with Crippen LogP contribution in [0, 0.1) is 12.7 Å². The lowest BCUT2D eigenvalue weighted by Crippen LogP contribution is -2.41. The van der Waals surface area contributed by atoms with Gasteiger partial charge in [0.1, 0.15) is 11.6 Å². The monoisotopic (exact) mass is 431 g/mol. The molecule has 1 amide bonds. The van der Waals surface area contributed by atoms with Crippen LogP contribution in [0.5, 0.6) is 5.75 Å². The molecule has 6 heteroatoms. The Bertz CT molecular complexity index is 1180. The van der Waals surface area contributed by atoms with Gasteiger partial charge in [0, 0.05) is 17.8 Å². The lowest BCUT2D eigenvalue weighted by atomic mass is 9.95. The van der Waals surface area contributed by atoms with Crippen molar-refractivity contribution in [1.82, 2.24) is 14.5 Å². The smallest absolute Gasteiger partial charge is 0.250 e. The fourth-order valence-corrected chi connectivity index (χ4v) is 4.97. The van der Waals surface area contributed by atoms with Crippen molar-refractivity contribution in [2.75, 3.05) is 7.11 Å². The molecule has 2 aromatic carbocycles. The van der Waals surface area contributed by atoms with Gasteiger partial charge in [-0.05, 0) is 74.1 Å². The molecule has 164 valence electrons. The summed E-state index contributed by atoms with van der Waals surface area (Å²) in [6, 6.07) is 12.8. The third-order valence-electron chi connectivity index (χ3n) is 6.55. The zero-order chi connectivity index (χ0) is 22.2. The van der Waals surface area contributed by atoms with Crippen molar-refractivity contribution in [3.8, 4) is 11.4 Å². The molecule has 3 heterocycles. The molecule has 0 N–H and O–H groups in total. The summed E-state index contributed by atoms with van der Waals surface area (Å²) in [6.07, 6.45) is 9.32. The Morgan fingerprint density at radius 1 is 1.12 bits per heavy atom. The number of hydrogen-bond donors (Lipinski definition) is 0. The maximum atomic E-state index is 13.4. The van der Waals surface area contributed by atoms with Crippen molar-refractivity contribution in [1.29, 1.82) is 0 Å². The molecule has 2 aliphatic heterocycles. The lowest BCUT2D eigenvalue weighted by molar-refractivity contribution is -0.131. The quantitative estimate of drug-likeness (QED) is 0.531. The number of carbonyl (C=O) groups excluding carboxylic acids is 1. The topological polar surface area (TPSA) is 47.4 Å². The Kier molecular flexibility index (Phi) is 5.29. The molecular weight excluding hydrogens is 405 g/mol. The van der Waals surface area contributed by atoms with Gasteiger partial charge in [0.2, 0.25) is 0 Å². The molecule has 0 bridgehead atoms. The van der Waals surface area contributed by atoms with E-state index < -0.39 is 0 Å². The van der Waals surface area contributed by atoms with E-state index in [4.69, 9.17) is 4.74 Å². The highest BCUT2D eigenvalue weighted by atomic mass is 19.1. The minimum absolute atomic E-state index is 0.0122. The summed E-state index contributed by atoms with van der Waals surface area (Å²) in [5, 5.41) is 0. The summed E-state index contributed by atoms with van der Waals surface area (Å²) >= 11 is 0. The van der Waals surface area contributed by atoms with Gasteiger partial charge >= 0.3 is 0 Å². The van der Waals surface area contributed by atoms with E-state index in [0.29, 0.717) is 0 Å². The number of methoxy groups -OCH3 is 1. The zero-order valence-electron chi connectivity index (χ0n) is 18.3. The van der Waals surface area contributed by atoms with E-state index in [1.807, 2.05) is 46.9 Å². The maximum Gasteiger partial charge on any atom is 0.250 e. The Hall–Kier alpha value is -3.41. The molecule has 1 aromatic heterocycles. The molecule has 3 aromatic rings. The van der Waals surface area contributed by atoms with E-state index >= 15 is 0 Å². The third-order valence-corrected chi connectivity index (χ3v) is 6.55. The van der Waals surface area contributed by atoms with Crippen LogP contribution in [0.1, 0.15) is 48.5 Å². The van der Waals surface area contributed by atoms with Gasteiger partial charge in [-0.25, -0.2) is 9.37 Å². The Balaban J connectivity index is 1.43. The first-order valence-electron chi connectivity index (χ1n) is 11.0. The van der Waals surface area contributed by atoms with E-state index in [-0.39, 0.29) is 23.8 Å². The Labute approximate surface area is 187 Å². The SMILES string of the molecule is COc1cc(C=C2CCC3CC[C@H](c4ccc(F)cc4)N3C2=O)ccc1-n1cnc(C)c1. The average Bonchev–Trinajstić information content (AvgIpc) is 3.43. The fourth-order valence-electron chi connectivity index (χ4n) is 4.97. The van der Waals surface area contributed by atoms with Gasteiger partial charge in [-0.2, -0.15) is 0 Å². The number of piperidine rings is 1. The maximum absolute atomic E-state index is 13.4. The second-order valence-electron chi connectivity index (χ2n) is 8.57. The van der Waals surface area contributed by atoms with Crippen LogP contribution in [0.25, 0.3) is 11.8 Å². The Morgan fingerprint density at radius 3 is 2.66 bits per heavy atom. The van der Waals surface area contributed by atoms with Crippen LogP contribution < -0.4 is 4.74 Å². The summed E-state index contributed by atoms with van der Waals surface area (Å²) in [5.74, 6) is 0.557. The largest absolute Gasteiger partial charge is 0.495 e. The summed E-state index contributed by atoms with van der Waals surface area (Å²) in [4.78, 5) is 19.8. The van der Waals surface area contributed by atoms with Gasteiger partial charge in [-0.1, -0.05) is 18.2 Å². The first-order valence-corrected chi connectivity index (χ1v) is 11.0.